The number of rotatable bonds is 11. The fourth-order valence-electron chi connectivity index (χ4n) is 3.80. The van der Waals surface area contributed by atoms with Crippen LogP contribution in [0.5, 0.6) is 0 Å². The van der Waals surface area contributed by atoms with Gasteiger partial charge in [0.05, 0.1) is 6.04 Å². The fraction of sp³-hybridized carbons (Fsp3) is 0.636. The van der Waals surface area contributed by atoms with E-state index in [0.29, 0.717) is 10.5 Å². The average molecular weight is 593 g/mol. The standard InChI is InChI=1S/C22H20F13NO3/c1-2-6-15(37)36-13(11-12-7-4-3-5-8-12)14(39-16(36)38)9-10-17(23,24)18(25,26)19(27,28)20(29,30)21(31,32)22(33,34)35/h3-5,7-8,13-14H,2,6,9-11H2,1H3/t13-,14+/m0/s1. The molecule has 39 heavy (non-hydrogen) atoms. The zero-order chi connectivity index (χ0) is 30.2. The maximum Gasteiger partial charge on any atom is 0.460 e. The van der Waals surface area contributed by atoms with Gasteiger partial charge in [-0.1, -0.05) is 37.3 Å². The van der Waals surface area contributed by atoms with Gasteiger partial charge in [0.25, 0.3) is 0 Å². The third-order valence-electron chi connectivity index (χ3n) is 5.97. The largest absolute Gasteiger partial charge is 0.460 e. The number of halogens is 13. The summed E-state index contributed by atoms with van der Waals surface area (Å²) in [6.45, 7) is 1.53. The van der Waals surface area contributed by atoms with Crippen molar-refractivity contribution < 1.29 is 71.4 Å². The van der Waals surface area contributed by atoms with Crippen LogP contribution in [0, 0.1) is 0 Å². The van der Waals surface area contributed by atoms with Crippen LogP contribution >= 0.6 is 0 Å². The molecule has 0 saturated carbocycles. The predicted octanol–water partition coefficient (Wildman–Crippen LogP) is 7.26. The molecule has 2 atom stereocenters. The van der Waals surface area contributed by atoms with E-state index in [1.165, 1.54) is 31.2 Å². The van der Waals surface area contributed by atoms with Crippen molar-refractivity contribution in [1.29, 1.82) is 0 Å². The molecule has 1 fully saturated rings. The second-order valence-corrected chi connectivity index (χ2v) is 8.73. The highest BCUT2D eigenvalue weighted by Crippen LogP contribution is 2.60. The molecule has 0 bridgehead atoms. The van der Waals surface area contributed by atoms with Crippen LogP contribution in [0.2, 0.25) is 0 Å². The number of cyclic esters (lactones) is 1. The molecule has 2 rings (SSSR count). The SMILES string of the molecule is CCCC(=O)N1C(=O)O[C@H](CCC(F)(F)C(F)(F)C(F)(F)C(F)(F)C(F)(F)C(F)(F)F)[C@@H]1Cc1ccccc1. The molecule has 0 aliphatic carbocycles. The molecule has 4 nitrogen and oxygen atoms in total. The Morgan fingerprint density at radius 2 is 1.33 bits per heavy atom. The number of carbonyl (C=O) groups is 2. The van der Waals surface area contributed by atoms with Crippen LogP contribution in [0.15, 0.2) is 30.3 Å². The third kappa shape index (κ3) is 5.62. The Morgan fingerprint density at radius 3 is 1.82 bits per heavy atom. The predicted molar refractivity (Wildman–Crippen MR) is 106 cm³/mol. The van der Waals surface area contributed by atoms with Crippen LogP contribution in [0.3, 0.4) is 0 Å². The molecule has 0 N–H and O–H groups in total. The number of alkyl halides is 13. The van der Waals surface area contributed by atoms with E-state index < -0.39 is 72.8 Å². The first-order valence-electron chi connectivity index (χ1n) is 11.1. The maximum absolute atomic E-state index is 14.3. The molecule has 1 aliphatic rings. The summed E-state index contributed by atoms with van der Waals surface area (Å²) in [4.78, 5) is 25.1. The van der Waals surface area contributed by atoms with Gasteiger partial charge in [-0.15, -0.1) is 0 Å². The lowest BCUT2D eigenvalue weighted by molar-refractivity contribution is -0.440. The normalized spacial score (nSPS) is 19.8. The minimum atomic E-state index is -8.00. The topological polar surface area (TPSA) is 46.6 Å². The van der Waals surface area contributed by atoms with E-state index in [4.69, 9.17) is 4.74 Å². The number of hydrogen-bond donors (Lipinski definition) is 0. The van der Waals surface area contributed by atoms with Crippen LogP contribution in [0.1, 0.15) is 38.2 Å². The van der Waals surface area contributed by atoms with Gasteiger partial charge in [0.15, 0.2) is 0 Å². The zero-order valence-corrected chi connectivity index (χ0v) is 19.7. The smallest absolute Gasteiger partial charge is 0.444 e. The van der Waals surface area contributed by atoms with Gasteiger partial charge in [0, 0.05) is 12.8 Å². The Morgan fingerprint density at radius 1 is 0.821 bits per heavy atom. The number of nitrogens with zero attached hydrogens (tertiary/aromatic N) is 1. The van der Waals surface area contributed by atoms with E-state index in [1.807, 2.05) is 0 Å². The maximum atomic E-state index is 14.3. The summed E-state index contributed by atoms with van der Waals surface area (Å²) in [6, 6.07) is 5.99. The van der Waals surface area contributed by atoms with Crippen LogP contribution < -0.4 is 0 Å². The van der Waals surface area contributed by atoms with Gasteiger partial charge in [-0.25, -0.2) is 9.69 Å². The Bertz CT molecular complexity index is 1030. The van der Waals surface area contributed by atoms with Crippen molar-refractivity contribution in [2.24, 2.45) is 0 Å². The number of ether oxygens (including phenoxy) is 1. The van der Waals surface area contributed by atoms with Crippen molar-refractivity contribution in [2.45, 2.75) is 87.0 Å². The Kier molecular flexibility index (Phi) is 8.88. The Balaban J connectivity index is 2.36. The fourth-order valence-corrected chi connectivity index (χ4v) is 3.80. The summed E-state index contributed by atoms with van der Waals surface area (Å²) in [7, 11) is 0. The van der Waals surface area contributed by atoms with E-state index >= 15 is 0 Å². The first-order valence-corrected chi connectivity index (χ1v) is 11.1. The second kappa shape index (κ2) is 10.7. The zero-order valence-electron chi connectivity index (χ0n) is 19.7. The van der Waals surface area contributed by atoms with Gasteiger partial charge in [-0.2, -0.15) is 57.1 Å². The summed E-state index contributed by atoms with van der Waals surface area (Å²) in [5.41, 5.74) is 0.373. The molecule has 1 heterocycles. The van der Waals surface area contributed by atoms with Gasteiger partial charge in [0.2, 0.25) is 5.91 Å². The molecule has 0 radical (unpaired) electrons. The van der Waals surface area contributed by atoms with Gasteiger partial charge in [-0.3, -0.25) is 4.79 Å². The van der Waals surface area contributed by atoms with Crippen molar-refractivity contribution in [3.8, 4) is 0 Å². The van der Waals surface area contributed by atoms with Gasteiger partial charge in [-0.05, 0) is 24.8 Å². The van der Waals surface area contributed by atoms with Crippen molar-refractivity contribution >= 4 is 12.0 Å². The lowest BCUT2D eigenvalue weighted by Crippen LogP contribution is -2.70. The number of carbonyl (C=O) groups excluding carboxylic acids is 2. The average Bonchev–Trinajstić information content (AvgIpc) is 3.12. The molecule has 2 amide bonds. The molecule has 0 spiro atoms. The molecule has 222 valence electrons. The lowest BCUT2D eigenvalue weighted by Gasteiger charge is -2.40. The summed E-state index contributed by atoms with van der Waals surface area (Å²) in [6.07, 6.45) is -15.2. The van der Waals surface area contributed by atoms with Crippen LogP contribution in [0.25, 0.3) is 0 Å². The third-order valence-corrected chi connectivity index (χ3v) is 5.97. The van der Waals surface area contributed by atoms with Crippen LogP contribution in [0.4, 0.5) is 61.9 Å². The molecule has 1 saturated heterocycles. The first kappa shape index (κ1) is 32.5. The van der Waals surface area contributed by atoms with E-state index in [2.05, 4.69) is 0 Å². The minimum absolute atomic E-state index is 0.196. The summed E-state index contributed by atoms with van der Waals surface area (Å²) < 4.78 is 179. The van der Waals surface area contributed by atoms with Crippen molar-refractivity contribution in [1.82, 2.24) is 4.90 Å². The van der Waals surface area contributed by atoms with Crippen molar-refractivity contribution in [3.63, 3.8) is 0 Å². The Hall–Kier alpha value is -2.75. The molecule has 1 aromatic carbocycles. The van der Waals surface area contributed by atoms with Crippen LogP contribution in [-0.2, 0) is 16.0 Å². The minimum Gasteiger partial charge on any atom is -0.444 e. The van der Waals surface area contributed by atoms with Gasteiger partial charge < -0.3 is 4.74 Å². The quantitative estimate of drug-likeness (QED) is 0.254. The molecule has 17 heteroatoms. The van der Waals surface area contributed by atoms with Crippen molar-refractivity contribution in [3.05, 3.63) is 35.9 Å². The molecular formula is C22H20F13NO3. The monoisotopic (exact) mass is 593 g/mol. The molecule has 1 aliphatic heterocycles. The van der Waals surface area contributed by atoms with Gasteiger partial charge >= 0.3 is 41.9 Å². The Labute approximate surface area is 212 Å². The highest BCUT2D eigenvalue weighted by atomic mass is 19.4. The first-order chi connectivity index (χ1) is 17.6. The molecule has 0 aromatic heterocycles. The van der Waals surface area contributed by atoms with E-state index in [-0.39, 0.29) is 19.3 Å². The number of hydrogen-bond acceptors (Lipinski definition) is 3. The summed E-state index contributed by atoms with van der Waals surface area (Å²) >= 11 is 0. The van der Waals surface area contributed by atoms with E-state index in [0.717, 1.165) is 0 Å². The summed E-state index contributed by atoms with van der Waals surface area (Å²) in [5.74, 6) is -38.3. The molecular weight excluding hydrogens is 573 g/mol. The summed E-state index contributed by atoms with van der Waals surface area (Å²) in [5, 5.41) is 0. The highest BCUT2D eigenvalue weighted by molar-refractivity contribution is 5.93. The molecule has 0 unspecified atom stereocenters. The van der Waals surface area contributed by atoms with E-state index in [9.17, 15) is 66.7 Å². The molecule has 1 aromatic rings. The number of benzene rings is 1. The number of amides is 2. The van der Waals surface area contributed by atoms with E-state index in [1.54, 1.807) is 6.07 Å². The number of imide groups is 1. The highest BCUT2D eigenvalue weighted by Gasteiger charge is 2.90. The van der Waals surface area contributed by atoms with Gasteiger partial charge in [0.1, 0.15) is 6.10 Å². The van der Waals surface area contributed by atoms with Crippen molar-refractivity contribution in [2.75, 3.05) is 0 Å². The second-order valence-electron chi connectivity index (χ2n) is 8.73. The van der Waals surface area contributed by atoms with Crippen LogP contribution in [-0.4, -0.2) is 64.8 Å². The lowest BCUT2D eigenvalue weighted by atomic mass is 9.90.